The number of nitrogens with one attached hydrogen (secondary N) is 1. The predicted molar refractivity (Wildman–Crippen MR) is 81.9 cm³/mol. The summed E-state index contributed by atoms with van der Waals surface area (Å²) in [7, 11) is 0. The summed E-state index contributed by atoms with van der Waals surface area (Å²) in [6.07, 6.45) is 0. The molecule has 7 heteroatoms. The predicted octanol–water partition coefficient (Wildman–Crippen LogP) is 2.58. The number of carbonyl (C=O) groups excluding carboxylic acids is 1. The Bertz CT molecular complexity index is 573. The fourth-order valence-electron chi connectivity index (χ4n) is 1.47. The molecule has 1 aromatic heterocycles. The fraction of sp³-hybridized carbons (Fsp3) is 0.333. The number of halogens is 2. The summed E-state index contributed by atoms with van der Waals surface area (Å²) < 4.78 is 1.07. The van der Waals surface area contributed by atoms with Crippen LogP contribution in [0.25, 0.3) is 10.2 Å². The Morgan fingerprint density at radius 3 is 3.00 bits per heavy atom. The Kier molecular flexibility index (Phi) is 6.00. The number of aromatic nitrogens is 1. The third-order valence-electron chi connectivity index (χ3n) is 2.61. The zero-order valence-corrected chi connectivity index (χ0v) is 12.7. The molecule has 3 N–H and O–H groups in total. The second kappa shape index (κ2) is 7.05. The molecule has 2 aromatic rings. The molecule has 1 atom stereocenters. The minimum atomic E-state index is -0.172. The molecule has 4 nitrogen and oxygen atoms in total. The van der Waals surface area contributed by atoms with Crippen LogP contribution in [0.1, 0.15) is 11.9 Å². The van der Waals surface area contributed by atoms with Crippen LogP contribution in [-0.4, -0.2) is 17.4 Å². The maximum absolute atomic E-state index is 11.6. The molecular formula is C12H15Cl2N3OS. The van der Waals surface area contributed by atoms with E-state index in [1.54, 1.807) is 18.3 Å². The number of nitrogens with two attached hydrogens (primary N) is 1. The van der Waals surface area contributed by atoms with Gasteiger partial charge in [0.2, 0.25) is 5.91 Å². The van der Waals surface area contributed by atoms with Gasteiger partial charge in [0.1, 0.15) is 5.01 Å². The smallest absolute Gasteiger partial charge is 0.224 e. The van der Waals surface area contributed by atoms with Crippen LogP contribution < -0.4 is 11.1 Å². The number of amides is 1. The summed E-state index contributed by atoms with van der Waals surface area (Å²) in [6.45, 7) is 2.58. The molecule has 1 amide bonds. The van der Waals surface area contributed by atoms with Crippen molar-refractivity contribution in [2.24, 2.45) is 11.7 Å². The van der Waals surface area contributed by atoms with Gasteiger partial charge in [-0.2, -0.15) is 0 Å². The number of thiazole rings is 1. The van der Waals surface area contributed by atoms with Crippen molar-refractivity contribution in [1.82, 2.24) is 10.3 Å². The second-order valence-electron chi connectivity index (χ2n) is 4.07. The van der Waals surface area contributed by atoms with Crippen molar-refractivity contribution in [2.45, 2.75) is 13.5 Å². The summed E-state index contributed by atoms with van der Waals surface area (Å²) in [5.41, 5.74) is 6.30. The van der Waals surface area contributed by atoms with Crippen LogP contribution in [0, 0.1) is 5.92 Å². The van der Waals surface area contributed by atoms with E-state index in [0.29, 0.717) is 18.1 Å². The largest absolute Gasteiger partial charge is 0.349 e. The molecule has 0 saturated heterocycles. The Morgan fingerprint density at radius 1 is 1.58 bits per heavy atom. The molecule has 0 spiro atoms. The van der Waals surface area contributed by atoms with Crippen molar-refractivity contribution < 1.29 is 4.79 Å². The molecule has 0 fully saturated rings. The monoisotopic (exact) mass is 319 g/mol. The van der Waals surface area contributed by atoms with E-state index in [2.05, 4.69) is 10.3 Å². The first kappa shape index (κ1) is 16.2. The highest BCUT2D eigenvalue weighted by atomic mass is 35.5. The Balaban J connectivity index is 0.00000180. The van der Waals surface area contributed by atoms with Crippen LogP contribution in [0.15, 0.2) is 18.2 Å². The molecule has 104 valence electrons. The van der Waals surface area contributed by atoms with Crippen LogP contribution >= 0.6 is 35.3 Å². The molecule has 1 aromatic carbocycles. The van der Waals surface area contributed by atoms with E-state index in [1.165, 1.54) is 0 Å². The fourth-order valence-corrected chi connectivity index (χ4v) is 2.52. The molecule has 0 saturated carbocycles. The van der Waals surface area contributed by atoms with E-state index < -0.39 is 0 Å². The number of carbonyl (C=O) groups is 1. The van der Waals surface area contributed by atoms with Crippen LogP contribution in [-0.2, 0) is 11.3 Å². The van der Waals surface area contributed by atoms with Crippen molar-refractivity contribution in [3.8, 4) is 0 Å². The maximum atomic E-state index is 11.6. The molecule has 0 aliphatic carbocycles. The summed E-state index contributed by atoms with van der Waals surface area (Å²) in [4.78, 5) is 16.0. The lowest BCUT2D eigenvalue weighted by molar-refractivity contribution is -0.124. The summed E-state index contributed by atoms with van der Waals surface area (Å²) >= 11 is 7.45. The van der Waals surface area contributed by atoms with Gasteiger partial charge in [-0.25, -0.2) is 4.98 Å². The SMILES string of the molecule is CC(CN)C(=O)NCc1nc2cc(Cl)ccc2s1.Cl. The van der Waals surface area contributed by atoms with E-state index in [-0.39, 0.29) is 24.2 Å². The van der Waals surface area contributed by atoms with Crippen LogP contribution in [0.5, 0.6) is 0 Å². The number of benzene rings is 1. The highest BCUT2D eigenvalue weighted by Crippen LogP contribution is 2.24. The average Bonchev–Trinajstić information content (AvgIpc) is 2.76. The molecule has 0 aliphatic rings. The van der Waals surface area contributed by atoms with Gasteiger partial charge >= 0.3 is 0 Å². The van der Waals surface area contributed by atoms with Gasteiger partial charge < -0.3 is 11.1 Å². The van der Waals surface area contributed by atoms with Gasteiger partial charge in [-0.05, 0) is 18.2 Å². The van der Waals surface area contributed by atoms with E-state index in [4.69, 9.17) is 17.3 Å². The Hall–Kier alpha value is -0.880. The first-order valence-corrected chi connectivity index (χ1v) is 6.82. The molecule has 0 radical (unpaired) electrons. The first-order chi connectivity index (χ1) is 8.60. The van der Waals surface area contributed by atoms with Crippen molar-refractivity contribution in [3.63, 3.8) is 0 Å². The molecule has 19 heavy (non-hydrogen) atoms. The highest BCUT2D eigenvalue weighted by Gasteiger charge is 2.11. The normalized spacial score (nSPS) is 11.9. The molecule has 2 rings (SSSR count). The first-order valence-electron chi connectivity index (χ1n) is 5.63. The maximum Gasteiger partial charge on any atom is 0.224 e. The molecular weight excluding hydrogens is 305 g/mol. The lowest BCUT2D eigenvalue weighted by Crippen LogP contribution is -2.32. The van der Waals surface area contributed by atoms with Gasteiger partial charge in [0, 0.05) is 17.5 Å². The van der Waals surface area contributed by atoms with Crippen LogP contribution in [0.3, 0.4) is 0 Å². The van der Waals surface area contributed by atoms with E-state index in [9.17, 15) is 4.79 Å². The van der Waals surface area contributed by atoms with Gasteiger partial charge in [0.15, 0.2) is 0 Å². The van der Waals surface area contributed by atoms with Crippen molar-refractivity contribution in [1.29, 1.82) is 0 Å². The van der Waals surface area contributed by atoms with Crippen molar-refractivity contribution >= 4 is 51.5 Å². The number of hydrogen-bond acceptors (Lipinski definition) is 4. The minimum absolute atomic E-state index is 0. The van der Waals surface area contributed by atoms with Gasteiger partial charge in [-0.3, -0.25) is 4.79 Å². The van der Waals surface area contributed by atoms with Crippen LogP contribution in [0.2, 0.25) is 5.02 Å². The van der Waals surface area contributed by atoms with E-state index in [0.717, 1.165) is 15.2 Å². The third kappa shape index (κ3) is 4.04. The standard InChI is InChI=1S/C12H14ClN3OS.ClH/c1-7(5-14)12(17)15-6-11-16-9-4-8(13)2-3-10(9)18-11;/h2-4,7H,5-6,14H2,1H3,(H,15,17);1H. The highest BCUT2D eigenvalue weighted by molar-refractivity contribution is 7.18. The van der Waals surface area contributed by atoms with Crippen molar-refractivity contribution in [3.05, 3.63) is 28.2 Å². The van der Waals surface area contributed by atoms with Crippen LogP contribution in [0.4, 0.5) is 0 Å². The summed E-state index contributed by atoms with van der Waals surface area (Å²) in [6, 6.07) is 5.59. The van der Waals surface area contributed by atoms with Gasteiger partial charge in [-0.1, -0.05) is 18.5 Å². The Morgan fingerprint density at radius 2 is 2.32 bits per heavy atom. The lowest BCUT2D eigenvalue weighted by atomic mass is 10.2. The lowest BCUT2D eigenvalue weighted by Gasteiger charge is -2.07. The number of fused-ring (bicyclic) bond motifs is 1. The molecule has 1 unspecified atom stereocenters. The summed E-state index contributed by atoms with van der Waals surface area (Å²) in [5.74, 6) is -0.219. The Labute approximate surface area is 126 Å². The zero-order valence-electron chi connectivity index (χ0n) is 10.4. The van der Waals surface area contributed by atoms with Crippen molar-refractivity contribution in [2.75, 3.05) is 6.54 Å². The summed E-state index contributed by atoms with van der Waals surface area (Å²) in [5, 5.41) is 4.35. The molecule has 1 heterocycles. The average molecular weight is 320 g/mol. The van der Waals surface area contributed by atoms with E-state index >= 15 is 0 Å². The minimum Gasteiger partial charge on any atom is -0.349 e. The topological polar surface area (TPSA) is 68.0 Å². The van der Waals surface area contributed by atoms with Gasteiger partial charge in [0.05, 0.1) is 16.8 Å². The molecule has 0 aliphatic heterocycles. The zero-order chi connectivity index (χ0) is 13.1. The number of nitrogens with zero attached hydrogens (tertiary/aromatic N) is 1. The quantitative estimate of drug-likeness (QED) is 0.910. The van der Waals surface area contributed by atoms with Gasteiger partial charge in [-0.15, -0.1) is 23.7 Å². The second-order valence-corrected chi connectivity index (χ2v) is 5.63. The number of hydrogen-bond donors (Lipinski definition) is 2. The molecule has 0 bridgehead atoms. The van der Waals surface area contributed by atoms with Gasteiger partial charge in [0.25, 0.3) is 0 Å². The third-order valence-corrected chi connectivity index (χ3v) is 3.88. The van der Waals surface area contributed by atoms with E-state index in [1.807, 2.05) is 18.2 Å². The number of rotatable bonds is 4.